The van der Waals surface area contributed by atoms with Crippen molar-refractivity contribution in [2.45, 2.75) is 38.3 Å². The zero-order valence-corrected chi connectivity index (χ0v) is 22.0. The van der Waals surface area contributed by atoms with Gasteiger partial charge in [-0.3, -0.25) is 4.79 Å². The molecule has 200 valence electrons. The van der Waals surface area contributed by atoms with Crippen LogP contribution in [0.4, 0.5) is 0 Å². The molecule has 0 fully saturated rings. The van der Waals surface area contributed by atoms with Gasteiger partial charge in [-0.15, -0.1) is 0 Å². The third kappa shape index (κ3) is 5.87. The molecular weight excluding hydrogens is 496 g/mol. The summed E-state index contributed by atoms with van der Waals surface area (Å²) in [5.41, 5.74) is -0.341. The number of carbonyl (C=O) groups excluding carboxylic acids is 1. The van der Waals surface area contributed by atoms with Gasteiger partial charge >= 0.3 is 12.0 Å². The summed E-state index contributed by atoms with van der Waals surface area (Å²) in [5, 5.41) is 13.7. The molecule has 0 saturated carbocycles. The van der Waals surface area contributed by atoms with Gasteiger partial charge in [-0.1, -0.05) is 74.5 Å². The lowest BCUT2D eigenvalue weighted by molar-refractivity contribution is -0.148. The summed E-state index contributed by atoms with van der Waals surface area (Å²) in [6, 6.07) is 24.2. The predicted octanol–water partition coefficient (Wildman–Crippen LogP) is 4.21. The lowest BCUT2D eigenvalue weighted by Gasteiger charge is -2.39. The number of carboxylic acid groups (broad SMARTS) is 1. The van der Waals surface area contributed by atoms with Gasteiger partial charge in [0, 0.05) is 18.4 Å². The van der Waals surface area contributed by atoms with Crippen LogP contribution in [0.5, 0.6) is 11.8 Å². The van der Waals surface area contributed by atoms with E-state index in [1.165, 1.54) is 7.11 Å². The number of carbonyl (C=O) groups is 2. The number of rotatable bonds is 11. The summed E-state index contributed by atoms with van der Waals surface area (Å²) in [6.45, 7) is 3.78. The number of aryl methyl sites for hydroxylation is 2. The Balaban J connectivity index is 1.92. The van der Waals surface area contributed by atoms with Crippen molar-refractivity contribution in [1.82, 2.24) is 20.3 Å². The Kier molecular flexibility index (Phi) is 8.50. The number of carboxylic acids is 1. The van der Waals surface area contributed by atoms with E-state index in [-0.39, 0.29) is 6.01 Å². The second-order valence-electron chi connectivity index (χ2n) is 8.72. The fourth-order valence-electron chi connectivity index (χ4n) is 4.32. The minimum absolute atomic E-state index is 0.124. The van der Waals surface area contributed by atoms with Crippen molar-refractivity contribution >= 4 is 11.9 Å². The summed E-state index contributed by atoms with van der Waals surface area (Å²) in [7, 11) is 1.54. The highest BCUT2D eigenvalue weighted by molar-refractivity contribution is 5.96. The van der Waals surface area contributed by atoms with Crippen LogP contribution in [0.2, 0.25) is 0 Å². The average Bonchev–Trinajstić information content (AvgIpc) is 2.99. The number of hydrogen-bond acceptors (Lipinski definition) is 7. The summed E-state index contributed by atoms with van der Waals surface area (Å²) in [4.78, 5) is 39.9. The maximum Gasteiger partial charge on any atom is 0.348 e. The molecule has 0 aliphatic rings. The summed E-state index contributed by atoms with van der Waals surface area (Å²) in [5.74, 6) is -0.265. The molecule has 9 heteroatoms. The highest BCUT2D eigenvalue weighted by atomic mass is 16.5. The summed E-state index contributed by atoms with van der Waals surface area (Å²) < 4.78 is 11.3. The number of ether oxygens (including phenoxy) is 2. The maximum absolute atomic E-state index is 13.7. The monoisotopic (exact) mass is 526 g/mol. The first-order valence-electron chi connectivity index (χ1n) is 12.6. The van der Waals surface area contributed by atoms with Crippen molar-refractivity contribution in [3.8, 4) is 11.8 Å². The van der Waals surface area contributed by atoms with Crippen molar-refractivity contribution in [1.29, 1.82) is 0 Å². The second-order valence-corrected chi connectivity index (χ2v) is 8.72. The number of methoxy groups -OCH3 is 1. The van der Waals surface area contributed by atoms with Crippen LogP contribution in [0.1, 0.15) is 47.0 Å². The van der Waals surface area contributed by atoms with Crippen molar-refractivity contribution in [3.05, 3.63) is 113 Å². The number of aliphatic carboxylic acids is 1. The predicted molar refractivity (Wildman–Crippen MR) is 145 cm³/mol. The second kappa shape index (κ2) is 12.2. The van der Waals surface area contributed by atoms with E-state index in [0.717, 1.165) is 0 Å². The molecule has 3 aromatic carbocycles. The number of nitrogens with one attached hydrogen (secondary N) is 1. The van der Waals surface area contributed by atoms with Crippen LogP contribution in [0.3, 0.4) is 0 Å². The van der Waals surface area contributed by atoms with Gasteiger partial charge < -0.3 is 19.9 Å². The molecule has 0 saturated heterocycles. The summed E-state index contributed by atoms with van der Waals surface area (Å²) >= 11 is 0. The Hall–Kier alpha value is -4.79. The van der Waals surface area contributed by atoms with Gasteiger partial charge in [0.1, 0.15) is 22.9 Å². The largest absolute Gasteiger partial charge is 0.497 e. The molecule has 1 atom stereocenters. The molecular formula is C30H30N4O5. The highest BCUT2D eigenvalue weighted by Crippen LogP contribution is 2.36. The van der Waals surface area contributed by atoms with Crippen LogP contribution in [-0.2, 0) is 23.2 Å². The maximum atomic E-state index is 13.7. The first kappa shape index (κ1) is 27.3. The fourth-order valence-corrected chi connectivity index (χ4v) is 4.32. The third-order valence-electron chi connectivity index (χ3n) is 6.30. The number of nitrogens with zero attached hydrogens (tertiary/aromatic N) is 3. The molecule has 4 aromatic rings. The standard InChI is InChI=1S/C30H30N4O5/c1-4-24-31-25(5-2)33-29(32-24)39-26(28(36)37)30(21-12-8-6-9-13-21,22-14-10-7-11-15-22)34-27(35)20-16-18-23(38-3)19-17-20/h6-19,26H,4-5H2,1-3H3,(H,34,35)(H,36,37). The minimum Gasteiger partial charge on any atom is -0.497 e. The lowest BCUT2D eigenvalue weighted by Crippen LogP contribution is -2.60. The van der Waals surface area contributed by atoms with Gasteiger partial charge in [0.15, 0.2) is 0 Å². The molecule has 2 N–H and O–H groups in total. The fraction of sp³-hybridized carbons (Fsp3) is 0.233. The van der Waals surface area contributed by atoms with Gasteiger partial charge in [-0.2, -0.15) is 9.97 Å². The normalized spacial score (nSPS) is 11.9. The summed E-state index contributed by atoms with van der Waals surface area (Å²) in [6.07, 6.45) is -0.623. The molecule has 0 spiro atoms. The van der Waals surface area contributed by atoms with Crippen LogP contribution in [0, 0.1) is 0 Å². The third-order valence-corrected chi connectivity index (χ3v) is 6.30. The van der Waals surface area contributed by atoms with Crippen molar-refractivity contribution in [2.75, 3.05) is 7.11 Å². The molecule has 1 aromatic heterocycles. The van der Waals surface area contributed by atoms with Crippen LogP contribution in [-0.4, -0.2) is 45.1 Å². The van der Waals surface area contributed by atoms with Gasteiger partial charge in [-0.25, -0.2) is 9.78 Å². The van der Waals surface area contributed by atoms with Gasteiger partial charge in [-0.05, 0) is 35.4 Å². The molecule has 1 unspecified atom stereocenters. The Labute approximate surface area is 226 Å². The van der Waals surface area contributed by atoms with Gasteiger partial charge in [0.2, 0.25) is 6.10 Å². The molecule has 1 amide bonds. The smallest absolute Gasteiger partial charge is 0.348 e. The topological polar surface area (TPSA) is 124 Å². The van der Waals surface area contributed by atoms with E-state index in [4.69, 9.17) is 9.47 Å². The van der Waals surface area contributed by atoms with Gasteiger partial charge in [0.25, 0.3) is 5.91 Å². The molecule has 0 radical (unpaired) electrons. The quantitative estimate of drug-likeness (QED) is 0.298. The Morgan fingerprint density at radius 1 is 0.821 bits per heavy atom. The number of amides is 1. The van der Waals surface area contributed by atoms with Crippen molar-refractivity contribution < 1.29 is 24.2 Å². The molecule has 0 bridgehead atoms. The van der Waals surface area contributed by atoms with Crippen molar-refractivity contribution in [3.63, 3.8) is 0 Å². The average molecular weight is 527 g/mol. The zero-order valence-electron chi connectivity index (χ0n) is 22.0. The highest BCUT2D eigenvalue weighted by Gasteiger charge is 2.50. The van der Waals surface area contributed by atoms with E-state index in [1.807, 2.05) is 26.0 Å². The molecule has 0 aliphatic carbocycles. The van der Waals surface area contributed by atoms with E-state index in [0.29, 0.717) is 46.9 Å². The molecule has 4 rings (SSSR count). The zero-order chi connectivity index (χ0) is 27.8. The van der Waals surface area contributed by atoms with Gasteiger partial charge in [0.05, 0.1) is 7.11 Å². The van der Waals surface area contributed by atoms with Crippen LogP contribution >= 0.6 is 0 Å². The Morgan fingerprint density at radius 2 is 1.33 bits per heavy atom. The van der Waals surface area contributed by atoms with E-state index in [1.54, 1.807) is 72.8 Å². The van der Waals surface area contributed by atoms with Crippen LogP contribution < -0.4 is 14.8 Å². The number of aromatic nitrogens is 3. The SMILES string of the molecule is CCc1nc(CC)nc(OC(C(=O)O)C(NC(=O)c2ccc(OC)cc2)(c2ccccc2)c2ccccc2)n1. The molecule has 1 heterocycles. The van der Waals surface area contributed by atoms with E-state index < -0.39 is 23.5 Å². The Morgan fingerprint density at radius 3 is 1.77 bits per heavy atom. The molecule has 0 aliphatic heterocycles. The minimum atomic E-state index is -1.67. The van der Waals surface area contributed by atoms with E-state index in [9.17, 15) is 14.7 Å². The Bertz CT molecular complexity index is 1350. The van der Waals surface area contributed by atoms with Crippen molar-refractivity contribution in [2.24, 2.45) is 0 Å². The first-order valence-corrected chi connectivity index (χ1v) is 12.6. The van der Waals surface area contributed by atoms with E-state index >= 15 is 0 Å². The molecule has 39 heavy (non-hydrogen) atoms. The van der Waals surface area contributed by atoms with Crippen LogP contribution in [0.15, 0.2) is 84.9 Å². The van der Waals surface area contributed by atoms with Crippen LogP contribution in [0.25, 0.3) is 0 Å². The lowest BCUT2D eigenvalue weighted by atomic mass is 9.77. The van der Waals surface area contributed by atoms with E-state index in [2.05, 4.69) is 20.3 Å². The number of hydrogen-bond donors (Lipinski definition) is 2. The number of benzene rings is 3. The molecule has 9 nitrogen and oxygen atoms in total. The first-order chi connectivity index (χ1) is 18.9.